The first-order valence-corrected chi connectivity index (χ1v) is 7.73. The Labute approximate surface area is 141 Å². The van der Waals surface area contributed by atoms with E-state index in [1.807, 2.05) is 55.5 Å². The average molecular weight is 328 g/mol. The van der Waals surface area contributed by atoms with Gasteiger partial charge in [-0.25, -0.2) is 4.79 Å². The van der Waals surface area contributed by atoms with E-state index < -0.39 is 6.09 Å². The molecule has 0 aliphatic heterocycles. The molecule has 0 aliphatic rings. The second kappa shape index (κ2) is 8.87. The maximum absolute atomic E-state index is 11.6. The number of aryl methyl sites for hydroxylation is 1. The fourth-order valence-electron chi connectivity index (χ4n) is 1.94. The zero-order chi connectivity index (χ0) is 16.5. The van der Waals surface area contributed by atoms with Gasteiger partial charge in [0.15, 0.2) is 0 Å². The molecule has 0 saturated heterocycles. The van der Waals surface area contributed by atoms with Crippen molar-refractivity contribution in [3.05, 3.63) is 70.2 Å². The van der Waals surface area contributed by atoms with Crippen LogP contribution >= 0.6 is 11.6 Å². The van der Waals surface area contributed by atoms with Crippen molar-refractivity contribution in [2.45, 2.75) is 20.0 Å². The molecule has 2 aromatic carbocycles. The molecule has 1 N–H and O–H groups in total. The number of nitrogens with one attached hydrogen (secondary N) is 1. The number of benzene rings is 2. The van der Waals surface area contributed by atoms with Crippen LogP contribution in [0.15, 0.2) is 48.5 Å². The molecule has 0 radical (unpaired) electrons. The first-order chi connectivity index (χ1) is 11.2. The van der Waals surface area contributed by atoms with Gasteiger partial charge in [0.25, 0.3) is 0 Å². The summed E-state index contributed by atoms with van der Waals surface area (Å²) in [5.41, 5.74) is 2.83. The smallest absolute Gasteiger partial charge is 0.407 e. The fourth-order valence-corrected chi connectivity index (χ4v) is 2.21. The highest BCUT2D eigenvalue weighted by atomic mass is 35.5. The number of alkyl carbamates (subject to hydrolysis) is 1. The topological polar surface area (TPSA) is 38.3 Å². The molecule has 0 aromatic heterocycles. The van der Waals surface area contributed by atoms with Crippen LogP contribution in [0, 0.1) is 18.8 Å². The Morgan fingerprint density at radius 3 is 2.70 bits per heavy atom. The summed E-state index contributed by atoms with van der Waals surface area (Å²) in [5, 5.41) is 3.32. The van der Waals surface area contributed by atoms with Gasteiger partial charge in [-0.05, 0) is 24.1 Å². The number of amides is 1. The number of hydrogen-bond acceptors (Lipinski definition) is 2. The van der Waals surface area contributed by atoms with Crippen molar-refractivity contribution in [1.29, 1.82) is 0 Å². The summed E-state index contributed by atoms with van der Waals surface area (Å²) in [6, 6.07) is 15.2. The van der Waals surface area contributed by atoms with Crippen molar-refractivity contribution in [3.8, 4) is 11.8 Å². The molecule has 118 valence electrons. The van der Waals surface area contributed by atoms with Gasteiger partial charge in [0.2, 0.25) is 0 Å². The van der Waals surface area contributed by atoms with E-state index in [-0.39, 0.29) is 6.61 Å². The molecule has 0 saturated carbocycles. The molecule has 3 nitrogen and oxygen atoms in total. The third-order valence-electron chi connectivity index (χ3n) is 3.17. The van der Waals surface area contributed by atoms with Crippen LogP contribution in [0.5, 0.6) is 0 Å². The van der Waals surface area contributed by atoms with Crippen molar-refractivity contribution in [2.24, 2.45) is 0 Å². The van der Waals surface area contributed by atoms with Gasteiger partial charge in [0.1, 0.15) is 6.61 Å². The Bertz CT molecular complexity index is 697. The molecule has 0 fully saturated rings. The Hall–Kier alpha value is -2.44. The van der Waals surface area contributed by atoms with Gasteiger partial charge in [-0.3, -0.25) is 0 Å². The lowest BCUT2D eigenvalue weighted by Gasteiger charge is -2.05. The first-order valence-electron chi connectivity index (χ1n) is 7.35. The minimum Gasteiger partial charge on any atom is -0.445 e. The molecule has 4 heteroatoms. The molecule has 2 aromatic rings. The third kappa shape index (κ3) is 5.69. The predicted octanol–water partition coefficient (Wildman–Crippen LogP) is 4.32. The van der Waals surface area contributed by atoms with E-state index >= 15 is 0 Å². The highest BCUT2D eigenvalue weighted by molar-refractivity contribution is 6.31. The number of ether oxygens (including phenoxy) is 1. The quantitative estimate of drug-likeness (QED) is 0.671. The lowest BCUT2D eigenvalue weighted by atomic mass is 10.1. The van der Waals surface area contributed by atoms with Gasteiger partial charge in [-0.15, -0.1) is 0 Å². The van der Waals surface area contributed by atoms with E-state index in [0.29, 0.717) is 18.0 Å². The Morgan fingerprint density at radius 1 is 1.17 bits per heavy atom. The van der Waals surface area contributed by atoms with Crippen molar-refractivity contribution < 1.29 is 9.53 Å². The van der Waals surface area contributed by atoms with Gasteiger partial charge in [0, 0.05) is 18.5 Å². The van der Waals surface area contributed by atoms with Crippen molar-refractivity contribution in [1.82, 2.24) is 5.32 Å². The lowest BCUT2D eigenvalue weighted by molar-refractivity contribution is 0.140. The van der Waals surface area contributed by atoms with Crippen LogP contribution in [0.1, 0.15) is 23.1 Å². The molecular weight excluding hydrogens is 310 g/mol. The van der Waals surface area contributed by atoms with Gasteiger partial charge < -0.3 is 10.1 Å². The summed E-state index contributed by atoms with van der Waals surface area (Å²) in [6.45, 7) is 2.66. The van der Waals surface area contributed by atoms with Gasteiger partial charge >= 0.3 is 6.09 Å². The minimum absolute atomic E-state index is 0.261. The summed E-state index contributed by atoms with van der Waals surface area (Å²) >= 11 is 6.10. The Morgan fingerprint density at radius 2 is 1.96 bits per heavy atom. The summed E-state index contributed by atoms with van der Waals surface area (Å²) < 4.78 is 5.11. The molecule has 0 spiro atoms. The van der Waals surface area contributed by atoms with Crippen molar-refractivity contribution in [2.75, 3.05) is 6.54 Å². The van der Waals surface area contributed by atoms with E-state index in [9.17, 15) is 4.79 Å². The summed E-state index contributed by atoms with van der Waals surface area (Å²) in [7, 11) is 0. The zero-order valence-electron chi connectivity index (χ0n) is 12.9. The zero-order valence-corrected chi connectivity index (χ0v) is 13.7. The van der Waals surface area contributed by atoms with Crippen LogP contribution < -0.4 is 5.32 Å². The maximum Gasteiger partial charge on any atom is 0.407 e. The number of carbonyl (C=O) groups excluding carboxylic acids is 1. The molecular formula is C19H18ClNO2. The largest absolute Gasteiger partial charge is 0.445 e. The second-order valence-corrected chi connectivity index (χ2v) is 5.38. The van der Waals surface area contributed by atoms with Crippen LogP contribution in [0.3, 0.4) is 0 Å². The molecule has 0 bridgehead atoms. The first kappa shape index (κ1) is 16.9. The number of hydrogen-bond donors (Lipinski definition) is 1. The summed E-state index contributed by atoms with van der Waals surface area (Å²) in [6.07, 6.45) is 0.0926. The van der Waals surface area contributed by atoms with Crippen molar-refractivity contribution >= 4 is 17.7 Å². The lowest BCUT2D eigenvalue weighted by Crippen LogP contribution is -2.24. The minimum atomic E-state index is -0.440. The van der Waals surface area contributed by atoms with Gasteiger partial charge in [0.05, 0.1) is 5.02 Å². The van der Waals surface area contributed by atoms with E-state index in [0.717, 1.165) is 16.7 Å². The van der Waals surface area contributed by atoms with Gasteiger partial charge in [-0.2, -0.15) is 0 Å². The van der Waals surface area contributed by atoms with Gasteiger partial charge in [-0.1, -0.05) is 65.9 Å². The third-order valence-corrected chi connectivity index (χ3v) is 3.48. The van der Waals surface area contributed by atoms with Crippen LogP contribution in [0.25, 0.3) is 0 Å². The number of halogens is 1. The standard InChI is InChI=1S/C19H18ClNO2/c1-15-8-7-12-18(20)17(15)11-5-6-13-21-19(22)23-14-16-9-3-2-4-10-16/h2-4,7-10,12H,6,13-14H2,1H3,(H,21,22). The van der Waals surface area contributed by atoms with Crippen LogP contribution in [0.2, 0.25) is 5.02 Å². The molecule has 1 amide bonds. The van der Waals surface area contributed by atoms with E-state index in [4.69, 9.17) is 16.3 Å². The molecule has 23 heavy (non-hydrogen) atoms. The molecule has 0 aliphatic carbocycles. The maximum atomic E-state index is 11.6. The number of carbonyl (C=O) groups is 1. The van der Waals surface area contributed by atoms with Crippen LogP contribution in [-0.4, -0.2) is 12.6 Å². The fraction of sp³-hybridized carbons (Fsp3) is 0.211. The SMILES string of the molecule is Cc1cccc(Cl)c1C#CCCNC(=O)OCc1ccccc1. The molecule has 0 unspecified atom stereocenters. The van der Waals surface area contributed by atoms with Crippen LogP contribution in [0.4, 0.5) is 4.79 Å². The summed E-state index contributed by atoms with van der Waals surface area (Å²) in [4.78, 5) is 11.6. The molecule has 0 atom stereocenters. The normalized spacial score (nSPS) is 9.65. The molecule has 0 heterocycles. The van der Waals surface area contributed by atoms with E-state index in [1.54, 1.807) is 0 Å². The Balaban J connectivity index is 1.71. The monoisotopic (exact) mass is 327 g/mol. The number of rotatable bonds is 4. The predicted molar refractivity (Wildman–Crippen MR) is 92.3 cm³/mol. The second-order valence-electron chi connectivity index (χ2n) is 4.97. The Kier molecular flexibility index (Phi) is 6.53. The summed E-state index contributed by atoms with van der Waals surface area (Å²) in [5.74, 6) is 6.05. The highest BCUT2D eigenvalue weighted by Crippen LogP contribution is 2.17. The highest BCUT2D eigenvalue weighted by Gasteiger charge is 2.01. The van der Waals surface area contributed by atoms with E-state index in [1.165, 1.54) is 0 Å². The average Bonchev–Trinajstić information content (AvgIpc) is 2.56. The van der Waals surface area contributed by atoms with Crippen molar-refractivity contribution in [3.63, 3.8) is 0 Å². The molecule has 2 rings (SSSR count). The van der Waals surface area contributed by atoms with E-state index in [2.05, 4.69) is 17.2 Å². The van der Waals surface area contributed by atoms with Crippen LogP contribution in [-0.2, 0) is 11.3 Å².